The summed E-state index contributed by atoms with van der Waals surface area (Å²) in [4.78, 5) is 10.5. The van der Waals surface area contributed by atoms with E-state index in [2.05, 4.69) is 14.8 Å². The first-order valence-electron chi connectivity index (χ1n) is 8.68. The van der Waals surface area contributed by atoms with Gasteiger partial charge in [-0.1, -0.05) is 44.2 Å². The van der Waals surface area contributed by atoms with Gasteiger partial charge in [0.2, 0.25) is 5.89 Å². The molecule has 2 aromatic heterocycles. The van der Waals surface area contributed by atoms with Crippen LogP contribution in [0.25, 0.3) is 22.5 Å². The lowest BCUT2D eigenvalue weighted by Gasteiger charge is -2.09. The standard InChI is InChI=1S/C20H18N4O3/c1-13(2)19-21-22-20(27-19)18-11-15-5-3-4-6-17(15)23(18)12-14-7-9-16(10-8-14)24(25)26/h3-11,13H,12H2,1-2H3. The maximum absolute atomic E-state index is 10.9. The van der Waals surface area contributed by atoms with Crippen LogP contribution in [0.5, 0.6) is 0 Å². The predicted molar refractivity (Wildman–Crippen MR) is 102 cm³/mol. The van der Waals surface area contributed by atoms with Gasteiger partial charge in [-0.25, -0.2) is 0 Å². The highest BCUT2D eigenvalue weighted by atomic mass is 16.6. The number of para-hydroxylation sites is 1. The molecule has 2 aromatic carbocycles. The van der Waals surface area contributed by atoms with Gasteiger partial charge in [-0.05, 0) is 17.7 Å². The molecule has 0 atom stereocenters. The van der Waals surface area contributed by atoms with Gasteiger partial charge in [0.1, 0.15) is 5.69 Å². The largest absolute Gasteiger partial charge is 0.419 e. The zero-order valence-electron chi connectivity index (χ0n) is 15.0. The molecule has 0 bridgehead atoms. The van der Waals surface area contributed by atoms with Crippen molar-refractivity contribution in [2.75, 3.05) is 0 Å². The molecule has 0 fully saturated rings. The number of nitrogens with zero attached hydrogens (tertiary/aromatic N) is 4. The molecule has 0 aliphatic carbocycles. The lowest BCUT2D eigenvalue weighted by molar-refractivity contribution is -0.384. The Morgan fingerprint density at radius 3 is 2.52 bits per heavy atom. The van der Waals surface area contributed by atoms with Gasteiger partial charge in [0.25, 0.3) is 11.6 Å². The van der Waals surface area contributed by atoms with E-state index in [4.69, 9.17) is 4.42 Å². The third kappa shape index (κ3) is 3.19. The minimum Gasteiger partial charge on any atom is -0.419 e. The summed E-state index contributed by atoms with van der Waals surface area (Å²) in [5.41, 5.74) is 2.89. The van der Waals surface area contributed by atoms with Crippen molar-refractivity contribution in [3.63, 3.8) is 0 Å². The Hall–Kier alpha value is -3.48. The first-order chi connectivity index (χ1) is 13.0. The number of hydrogen-bond donors (Lipinski definition) is 0. The average molecular weight is 362 g/mol. The Bertz CT molecular complexity index is 1110. The maximum atomic E-state index is 10.9. The first-order valence-corrected chi connectivity index (χ1v) is 8.68. The summed E-state index contributed by atoms with van der Waals surface area (Å²) in [6.07, 6.45) is 0. The topological polar surface area (TPSA) is 87.0 Å². The van der Waals surface area contributed by atoms with Crippen molar-refractivity contribution in [3.05, 3.63) is 76.2 Å². The van der Waals surface area contributed by atoms with Gasteiger partial charge in [-0.2, -0.15) is 0 Å². The monoisotopic (exact) mass is 362 g/mol. The third-order valence-corrected chi connectivity index (χ3v) is 4.45. The molecule has 0 N–H and O–H groups in total. The normalized spacial score (nSPS) is 11.4. The maximum Gasteiger partial charge on any atom is 0.269 e. The van der Waals surface area contributed by atoms with Gasteiger partial charge in [-0.3, -0.25) is 10.1 Å². The van der Waals surface area contributed by atoms with Crippen molar-refractivity contribution in [1.82, 2.24) is 14.8 Å². The van der Waals surface area contributed by atoms with E-state index >= 15 is 0 Å². The summed E-state index contributed by atoms with van der Waals surface area (Å²) < 4.78 is 7.95. The molecule has 0 saturated heterocycles. The van der Waals surface area contributed by atoms with Gasteiger partial charge < -0.3 is 8.98 Å². The number of nitro groups is 1. The number of rotatable bonds is 5. The van der Waals surface area contributed by atoms with E-state index in [-0.39, 0.29) is 11.6 Å². The molecule has 2 heterocycles. The molecule has 0 radical (unpaired) electrons. The van der Waals surface area contributed by atoms with Gasteiger partial charge in [0.15, 0.2) is 0 Å². The second-order valence-electron chi connectivity index (χ2n) is 6.70. The van der Waals surface area contributed by atoms with Gasteiger partial charge in [-0.15, -0.1) is 10.2 Å². The van der Waals surface area contributed by atoms with Crippen molar-refractivity contribution in [2.24, 2.45) is 0 Å². The number of hydrogen-bond acceptors (Lipinski definition) is 5. The van der Waals surface area contributed by atoms with Gasteiger partial charge in [0.05, 0.1) is 4.92 Å². The molecule has 4 rings (SSSR count). The Labute approximate surface area is 155 Å². The van der Waals surface area contributed by atoms with Crippen molar-refractivity contribution >= 4 is 16.6 Å². The molecule has 0 aliphatic heterocycles. The number of aromatic nitrogens is 3. The molecule has 7 nitrogen and oxygen atoms in total. The minimum atomic E-state index is -0.397. The molecule has 136 valence electrons. The third-order valence-electron chi connectivity index (χ3n) is 4.45. The van der Waals surface area contributed by atoms with E-state index in [1.165, 1.54) is 12.1 Å². The fourth-order valence-corrected chi connectivity index (χ4v) is 3.03. The quantitative estimate of drug-likeness (QED) is 0.377. The first kappa shape index (κ1) is 17.0. The molecule has 0 unspecified atom stereocenters. The van der Waals surface area contributed by atoms with E-state index in [1.54, 1.807) is 12.1 Å². The predicted octanol–water partition coefficient (Wildman–Crippen LogP) is 4.77. The van der Waals surface area contributed by atoms with E-state index in [1.807, 2.05) is 44.2 Å². The smallest absolute Gasteiger partial charge is 0.269 e. The zero-order valence-corrected chi connectivity index (χ0v) is 15.0. The van der Waals surface area contributed by atoms with Crippen molar-refractivity contribution in [2.45, 2.75) is 26.3 Å². The molecule has 0 saturated carbocycles. The highest BCUT2D eigenvalue weighted by molar-refractivity contribution is 5.85. The van der Waals surface area contributed by atoms with Crippen molar-refractivity contribution in [3.8, 4) is 11.6 Å². The SMILES string of the molecule is CC(C)c1nnc(-c2cc3ccccc3n2Cc2ccc([N+](=O)[O-])cc2)o1. The van der Waals surface area contributed by atoms with Crippen LogP contribution in [-0.2, 0) is 6.54 Å². The molecule has 0 amide bonds. The highest BCUT2D eigenvalue weighted by Crippen LogP contribution is 2.29. The summed E-state index contributed by atoms with van der Waals surface area (Å²) in [5.74, 6) is 1.22. The summed E-state index contributed by atoms with van der Waals surface area (Å²) >= 11 is 0. The highest BCUT2D eigenvalue weighted by Gasteiger charge is 2.18. The molecule has 27 heavy (non-hydrogen) atoms. The van der Waals surface area contributed by atoms with Gasteiger partial charge in [0, 0.05) is 35.5 Å². The molecule has 7 heteroatoms. The van der Waals surface area contributed by atoms with Crippen molar-refractivity contribution < 1.29 is 9.34 Å². The van der Waals surface area contributed by atoms with E-state index < -0.39 is 4.92 Å². The van der Waals surface area contributed by atoms with Crippen LogP contribution in [0.1, 0.15) is 31.2 Å². The summed E-state index contributed by atoms with van der Waals surface area (Å²) in [6, 6.07) is 16.6. The molecule has 0 aliphatic rings. The Morgan fingerprint density at radius 2 is 1.85 bits per heavy atom. The summed E-state index contributed by atoms with van der Waals surface area (Å²) in [5, 5.41) is 20.3. The minimum absolute atomic E-state index is 0.0785. The van der Waals surface area contributed by atoms with E-state index in [0.29, 0.717) is 18.3 Å². The number of non-ortho nitro benzene ring substituents is 1. The van der Waals surface area contributed by atoms with E-state index in [0.717, 1.165) is 22.2 Å². The van der Waals surface area contributed by atoms with Gasteiger partial charge >= 0.3 is 0 Å². The second kappa shape index (κ2) is 6.68. The Morgan fingerprint density at radius 1 is 1.11 bits per heavy atom. The number of fused-ring (bicyclic) bond motifs is 1. The zero-order chi connectivity index (χ0) is 19.0. The fourth-order valence-electron chi connectivity index (χ4n) is 3.03. The lowest BCUT2D eigenvalue weighted by Crippen LogP contribution is -2.02. The Balaban J connectivity index is 1.79. The molecule has 4 aromatic rings. The number of nitro benzene ring substituents is 1. The van der Waals surface area contributed by atoms with E-state index in [9.17, 15) is 10.1 Å². The average Bonchev–Trinajstić information content (AvgIpc) is 3.28. The van der Waals surface area contributed by atoms with Crippen molar-refractivity contribution in [1.29, 1.82) is 0 Å². The van der Waals surface area contributed by atoms with Crippen LogP contribution in [0.3, 0.4) is 0 Å². The van der Waals surface area contributed by atoms with Crippen LogP contribution in [0, 0.1) is 10.1 Å². The lowest BCUT2D eigenvalue weighted by atomic mass is 10.2. The Kier molecular flexibility index (Phi) is 4.19. The van der Waals surface area contributed by atoms with Crippen LogP contribution in [0.15, 0.2) is 59.0 Å². The van der Waals surface area contributed by atoms with Crippen LogP contribution in [0.4, 0.5) is 5.69 Å². The number of benzene rings is 2. The van der Waals surface area contributed by atoms with Crippen LogP contribution in [0.2, 0.25) is 0 Å². The molecular weight excluding hydrogens is 344 g/mol. The van der Waals surface area contributed by atoms with Crippen LogP contribution >= 0.6 is 0 Å². The van der Waals surface area contributed by atoms with Crippen LogP contribution < -0.4 is 0 Å². The second-order valence-corrected chi connectivity index (χ2v) is 6.70. The van der Waals surface area contributed by atoms with Crippen LogP contribution in [-0.4, -0.2) is 19.7 Å². The molecule has 0 spiro atoms. The molecular formula is C20H18N4O3. The summed E-state index contributed by atoms with van der Waals surface area (Å²) in [7, 11) is 0. The fraction of sp³-hybridized carbons (Fsp3) is 0.200. The summed E-state index contributed by atoms with van der Waals surface area (Å²) in [6.45, 7) is 4.55.